The van der Waals surface area contributed by atoms with Crippen LogP contribution in [0.3, 0.4) is 0 Å². The zero-order chi connectivity index (χ0) is 12.9. The molecule has 17 heavy (non-hydrogen) atoms. The van der Waals surface area contributed by atoms with Crippen molar-refractivity contribution in [2.75, 3.05) is 6.61 Å². The van der Waals surface area contributed by atoms with Crippen molar-refractivity contribution in [2.24, 2.45) is 12.5 Å². The molecule has 1 rings (SSSR count). The summed E-state index contributed by atoms with van der Waals surface area (Å²) < 4.78 is 6.88. The molecule has 1 aromatic rings. The minimum Gasteiger partial charge on any atom is -0.465 e. The molecule has 1 atom stereocenters. The second kappa shape index (κ2) is 5.66. The monoisotopic (exact) mass is 236 g/mol. The highest BCUT2D eigenvalue weighted by atomic mass is 16.5. The Hall–Kier alpha value is -1.58. The van der Waals surface area contributed by atoms with E-state index in [1.807, 2.05) is 31.6 Å². The Morgan fingerprint density at radius 2 is 2.41 bits per heavy atom. The number of nitrogens with zero attached hydrogens (tertiary/aromatic N) is 2. The normalized spacial score (nSPS) is 14.1. The summed E-state index contributed by atoms with van der Waals surface area (Å²) in [6.45, 7) is 7.80. The maximum atomic E-state index is 11.8. The molecule has 0 fully saturated rings. The second-order valence-corrected chi connectivity index (χ2v) is 4.29. The van der Waals surface area contributed by atoms with Gasteiger partial charge < -0.3 is 4.74 Å². The van der Waals surface area contributed by atoms with Crippen molar-refractivity contribution in [3.63, 3.8) is 0 Å². The second-order valence-electron chi connectivity index (χ2n) is 4.29. The topological polar surface area (TPSA) is 44.1 Å². The van der Waals surface area contributed by atoms with Crippen molar-refractivity contribution in [1.82, 2.24) is 9.78 Å². The van der Waals surface area contributed by atoms with Crippen molar-refractivity contribution in [1.29, 1.82) is 0 Å². The van der Waals surface area contributed by atoms with Crippen LogP contribution >= 0.6 is 0 Å². The first kappa shape index (κ1) is 13.5. The summed E-state index contributed by atoms with van der Waals surface area (Å²) in [7, 11) is 1.89. The van der Waals surface area contributed by atoms with Crippen LogP contribution in [-0.2, 0) is 23.0 Å². The number of rotatable bonds is 6. The van der Waals surface area contributed by atoms with Gasteiger partial charge in [0.15, 0.2) is 0 Å². The van der Waals surface area contributed by atoms with E-state index in [9.17, 15) is 4.79 Å². The molecule has 0 aliphatic rings. The Balaban J connectivity index is 2.66. The molecular weight excluding hydrogens is 216 g/mol. The molecule has 0 bridgehead atoms. The van der Waals surface area contributed by atoms with E-state index in [1.54, 1.807) is 12.3 Å². The maximum Gasteiger partial charge on any atom is 0.315 e. The molecule has 94 valence electrons. The Kier molecular flexibility index (Phi) is 4.49. The number of hydrogen-bond acceptors (Lipinski definition) is 3. The molecule has 0 N–H and O–H groups in total. The third-order valence-electron chi connectivity index (χ3n) is 3.02. The van der Waals surface area contributed by atoms with Crippen LogP contribution in [0.5, 0.6) is 0 Å². The molecule has 1 heterocycles. The predicted octanol–water partition coefficient (Wildman–Crippen LogP) is 2.11. The van der Waals surface area contributed by atoms with Gasteiger partial charge in [0.05, 0.1) is 12.0 Å². The first-order valence-corrected chi connectivity index (χ1v) is 5.81. The smallest absolute Gasteiger partial charge is 0.315 e. The first-order chi connectivity index (χ1) is 8.03. The average molecular weight is 236 g/mol. The largest absolute Gasteiger partial charge is 0.465 e. The number of hydrogen-bond donors (Lipinski definition) is 0. The summed E-state index contributed by atoms with van der Waals surface area (Å²) in [4.78, 5) is 11.8. The number of aromatic nitrogens is 2. The summed E-state index contributed by atoms with van der Waals surface area (Å²) in [5.74, 6) is -0.211. The minimum atomic E-state index is -0.625. The van der Waals surface area contributed by atoms with E-state index in [4.69, 9.17) is 4.74 Å². The van der Waals surface area contributed by atoms with E-state index in [0.29, 0.717) is 13.0 Å². The number of aryl methyl sites for hydroxylation is 2. The maximum absolute atomic E-state index is 11.8. The molecule has 0 amide bonds. The lowest BCUT2D eigenvalue weighted by atomic mass is 9.85. The summed E-state index contributed by atoms with van der Waals surface area (Å²) in [6.07, 6.45) is 4.87. The Morgan fingerprint density at radius 1 is 1.71 bits per heavy atom. The highest BCUT2D eigenvalue weighted by Gasteiger charge is 2.31. The van der Waals surface area contributed by atoms with Crippen molar-refractivity contribution in [2.45, 2.75) is 26.7 Å². The average Bonchev–Trinajstić information content (AvgIpc) is 2.72. The van der Waals surface area contributed by atoms with Gasteiger partial charge in [-0.3, -0.25) is 9.48 Å². The molecule has 1 aromatic heterocycles. The van der Waals surface area contributed by atoms with E-state index >= 15 is 0 Å². The molecule has 0 saturated heterocycles. The SMILES string of the molecule is C=CC(C)(CCc1ccnn1C)C(=O)OCC. The van der Waals surface area contributed by atoms with Gasteiger partial charge >= 0.3 is 5.97 Å². The number of carbonyl (C=O) groups is 1. The van der Waals surface area contributed by atoms with Gasteiger partial charge in [0, 0.05) is 18.9 Å². The van der Waals surface area contributed by atoms with Gasteiger partial charge in [-0.2, -0.15) is 5.10 Å². The number of carbonyl (C=O) groups excluding carboxylic acids is 1. The lowest BCUT2D eigenvalue weighted by molar-refractivity contribution is -0.151. The zero-order valence-corrected chi connectivity index (χ0v) is 10.8. The van der Waals surface area contributed by atoms with Crippen LogP contribution in [0, 0.1) is 5.41 Å². The van der Waals surface area contributed by atoms with E-state index in [1.165, 1.54) is 0 Å². The Bertz CT molecular complexity index is 398. The highest BCUT2D eigenvalue weighted by molar-refractivity contribution is 5.78. The standard InChI is InChI=1S/C13H20N2O2/c1-5-13(3,12(16)17-6-2)9-7-11-8-10-14-15(11)4/h5,8,10H,1,6-7,9H2,2-4H3. The molecule has 0 saturated carbocycles. The van der Waals surface area contributed by atoms with E-state index in [-0.39, 0.29) is 5.97 Å². The third kappa shape index (κ3) is 3.19. The lowest BCUT2D eigenvalue weighted by Crippen LogP contribution is -2.28. The molecule has 0 aromatic carbocycles. The third-order valence-corrected chi connectivity index (χ3v) is 3.02. The van der Waals surface area contributed by atoms with Gasteiger partial charge in [0.25, 0.3) is 0 Å². The fraction of sp³-hybridized carbons (Fsp3) is 0.538. The van der Waals surface area contributed by atoms with Crippen LogP contribution in [-0.4, -0.2) is 22.4 Å². The van der Waals surface area contributed by atoms with Gasteiger partial charge in [0.2, 0.25) is 0 Å². The van der Waals surface area contributed by atoms with Gasteiger partial charge in [-0.15, -0.1) is 6.58 Å². The quantitative estimate of drug-likeness (QED) is 0.561. The zero-order valence-electron chi connectivity index (χ0n) is 10.8. The van der Waals surface area contributed by atoms with Gasteiger partial charge in [-0.05, 0) is 32.8 Å². The van der Waals surface area contributed by atoms with Crippen LogP contribution in [0.4, 0.5) is 0 Å². The van der Waals surface area contributed by atoms with Crippen LogP contribution in [0.2, 0.25) is 0 Å². The molecule has 4 nitrogen and oxygen atoms in total. The van der Waals surface area contributed by atoms with E-state index in [2.05, 4.69) is 11.7 Å². The molecule has 0 aliphatic carbocycles. The van der Waals surface area contributed by atoms with E-state index in [0.717, 1.165) is 12.1 Å². The van der Waals surface area contributed by atoms with Crippen LogP contribution in [0.1, 0.15) is 26.0 Å². The Labute approximate surface area is 102 Å². The number of ether oxygens (including phenoxy) is 1. The summed E-state index contributed by atoms with van der Waals surface area (Å²) in [6, 6.07) is 1.95. The molecule has 4 heteroatoms. The van der Waals surface area contributed by atoms with E-state index < -0.39 is 5.41 Å². The molecular formula is C13H20N2O2. The van der Waals surface area contributed by atoms with Gasteiger partial charge in [-0.25, -0.2) is 0 Å². The van der Waals surface area contributed by atoms with Crippen LogP contribution in [0.25, 0.3) is 0 Å². The minimum absolute atomic E-state index is 0.211. The molecule has 0 aliphatic heterocycles. The number of esters is 1. The predicted molar refractivity (Wildman–Crippen MR) is 66.5 cm³/mol. The summed E-state index contributed by atoms with van der Waals surface area (Å²) in [5.41, 5.74) is 0.475. The van der Waals surface area contributed by atoms with Crippen molar-refractivity contribution < 1.29 is 9.53 Å². The van der Waals surface area contributed by atoms with Crippen LogP contribution < -0.4 is 0 Å². The van der Waals surface area contributed by atoms with Gasteiger partial charge in [-0.1, -0.05) is 6.08 Å². The fourth-order valence-electron chi connectivity index (χ4n) is 1.62. The fourth-order valence-corrected chi connectivity index (χ4v) is 1.62. The molecule has 0 radical (unpaired) electrons. The van der Waals surface area contributed by atoms with Crippen LogP contribution in [0.15, 0.2) is 24.9 Å². The van der Waals surface area contributed by atoms with Crippen molar-refractivity contribution in [3.05, 3.63) is 30.6 Å². The summed E-state index contributed by atoms with van der Waals surface area (Å²) in [5, 5.41) is 4.10. The Morgan fingerprint density at radius 3 is 2.88 bits per heavy atom. The molecule has 1 unspecified atom stereocenters. The summed E-state index contributed by atoms with van der Waals surface area (Å²) >= 11 is 0. The lowest BCUT2D eigenvalue weighted by Gasteiger charge is -2.23. The van der Waals surface area contributed by atoms with Crippen molar-refractivity contribution >= 4 is 5.97 Å². The highest BCUT2D eigenvalue weighted by Crippen LogP contribution is 2.26. The first-order valence-electron chi connectivity index (χ1n) is 5.81. The molecule has 0 spiro atoms. The van der Waals surface area contributed by atoms with Gasteiger partial charge in [0.1, 0.15) is 0 Å². The van der Waals surface area contributed by atoms with Crippen molar-refractivity contribution in [3.8, 4) is 0 Å².